The Balaban J connectivity index is 1.75. The van der Waals surface area contributed by atoms with Crippen molar-refractivity contribution in [2.45, 2.75) is 25.9 Å². The minimum atomic E-state index is -0.416. The third kappa shape index (κ3) is 5.24. The summed E-state index contributed by atoms with van der Waals surface area (Å²) in [5.41, 5.74) is 1.39. The molecule has 2 heterocycles. The molecular formula is C19H21FN2O3S2. The molecule has 8 heteroatoms. The Morgan fingerprint density at radius 2 is 2.19 bits per heavy atom. The first-order chi connectivity index (χ1) is 13.1. The van der Waals surface area contributed by atoms with Crippen LogP contribution in [0.25, 0.3) is 10.4 Å². The molecule has 0 bridgehead atoms. The van der Waals surface area contributed by atoms with E-state index >= 15 is 0 Å². The number of rotatable bonds is 6. The van der Waals surface area contributed by atoms with Crippen LogP contribution in [0.3, 0.4) is 0 Å². The molecular weight excluding hydrogens is 387 g/mol. The molecule has 2 N–H and O–H groups in total. The van der Waals surface area contributed by atoms with E-state index in [1.807, 2.05) is 6.07 Å². The fourth-order valence-corrected chi connectivity index (χ4v) is 3.97. The van der Waals surface area contributed by atoms with Gasteiger partial charge in [0, 0.05) is 18.0 Å². The number of thiophene rings is 1. The number of carbonyl (C=O) groups excluding carboxylic acids is 1. The molecule has 1 aromatic heterocycles. The van der Waals surface area contributed by atoms with Gasteiger partial charge in [-0.2, -0.15) is 0 Å². The van der Waals surface area contributed by atoms with Gasteiger partial charge in [-0.3, -0.25) is 0 Å². The van der Waals surface area contributed by atoms with Crippen molar-refractivity contribution >= 4 is 40.3 Å². The minimum absolute atomic E-state index is 0.159. The van der Waals surface area contributed by atoms with Crippen molar-refractivity contribution in [3.05, 3.63) is 41.0 Å². The highest BCUT2D eigenvalue weighted by Gasteiger charge is 2.20. The quantitative estimate of drug-likeness (QED) is 0.552. The smallest absolute Gasteiger partial charge is 0.350 e. The van der Waals surface area contributed by atoms with E-state index in [2.05, 4.69) is 10.6 Å². The van der Waals surface area contributed by atoms with Gasteiger partial charge >= 0.3 is 5.97 Å². The summed E-state index contributed by atoms with van der Waals surface area (Å²) in [7, 11) is 0. The number of halogens is 1. The highest BCUT2D eigenvalue weighted by atomic mass is 32.1. The zero-order valence-corrected chi connectivity index (χ0v) is 16.6. The maximum absolute atomic E-state index is 13.2. The third-order valence-electron chi connectivity index (χ3n) is 4.08. The van der Waals surface area contributed by atoms with Crippen molar-refractivity contribution < 1.29 is 18.7 Å². The molecule has 0 radical (unpaired) electrons. The lowest BCUT2D eigenvalue weighted by Crippen LogP contribution is -2.35. The van der Waals surface area contributed by atoms with E-state index in [9.17, 15) is 9.18 Å². The Morgan fingerprint density at radius 1 is 1.41 bits per heavy atom. The molecule has 1 fully saturated rings. The average molecular weight is 409 g/mol. The van der Waals surface area contributed by atoms with Crippen LogP contribution in [0.15, 0.2) is 30.3 Å². The van der Waals surface area contributed by atoms with Crippen LogP contribution in [0.4, 0.5) is 10.1 Å². The van der Waals surface area contributed by atoms with Crippen LogP contribution in [0.5, 0.6) is 0 Å². The van der Waals surface area contributed by atoms with Crippen molar-refractivity contribution in [1.82, 2.24) is 5.32 Å². The molecule has 0 spiro atoms. The van der Waals surface area contributed by atoms with Crippen LogP contribution in [0.2, 0.25) is 0 Å². The predicted molar refractivity (Wildman–Crippen MR) is 109 cm³/mol. The Morgan fingerprint density at radius 3 is 2.85 bits per heavy atom. The summed E-state index contributed by atoms with van der Waals surface area (Å²) in [5, 5.41) is 6.62. The Bertz CT molecular complexity index is 802. The van der Waals surface area contributed by atoms with E-state index < -0.39 is 5.97 Å². The summed E-state index contributed by atoms with van der Waals surface area (Å²) in [6, 6.07) is 7.95. The molecule has 1 aliphatic heterocycles. The molecule has 1 atom stereocenters. The monoisotopic (exact) mass is 408 g/mol. The van der Waals surface area contributed by atoms with E-state index in [1.165, 1.54) is 23.5 Å². The van der Waals surface area contributed by atoms with Crippen LogP contribution < -0.4 is 10.6 Å². The summed E-state index contributed by atoms with van der Waals surface area (Å²) < 4.78 is 23.9. The van der Waals surface area contributed by atoms with Crippen molar-refractivity contribution in [2.75, 3.05) is 25.1 Å². The van der Waals surface area contributed by atoms with Gasteiger partial charge in [-0.25, -0.2) is 9.18 Å². The Labute approximate surface area is 166 Å². The fraction of sp³-hybridized carbons (Fsp3) is 0.368. The van der Waals surface area contributed by atoms with Gasteiger partial charge in [-0.05, 0) is 55.7 Å². The number of nitrogens with one attached hydrogen (secondary N) is 2. The first kappa shape index (κ1) is 19.7. The average Bonchev–Trinajstić information content (AvgIpc) is 3.31. The van der Waals surface area contributed by atoms with Gasteiger partial charge in [0.2, 0.25) is 0 Å². The number of anilines is 1. The molecule has 1 aromatic carbocycles. The van der Waals surface area contributed by atoms with Gasteiger partial charge in [-0.1, -0.05) is 12.1 Å². The summed E-state index contributed by atoms with van der Waals surface area (Å²) >= 11 is 6.63. The Hall–Kier alpha value is -2.03. The summed E-state index contributed by atoms with van der Waals surface area (Å²) in [6.45, 7) is 3.44. The summed E-state index contributed by atoms with van der Waals surface area (Å²) in [4.78, 5) is 13.6. The van der Waals surface area contributed by atoms with Gasteiger partial charge < -0.3 is 20.1 Å². The summed E-state index contributed by atoms with van der Waals surface area (Å²) in [5.74, 6) is -0.723. The standard InChI is InChI=1S/C19H21FN2O3S2/c1-2-24-18(23)17-15(22-19(26)21-11-14-4-3-9-25-14)10-16(27-17)12-5-7-13(20)8-6-12/h5-8,10,14H,2-4,9,11H2,1H3,(H2,21,22,26)/t14-/m0/s1. The van der Waals surface area contributed by atoms with Crippen LogP contribution >= 0.6 is 23.6 Å². The number of esters is 1. The lowest BCUT2D eigenvalue weighted by atomic mass is 10.2. The minimum Gasteiger partial charge on any atom is -0.462 e. The first-order valence-corrected chi connectivity index (χ1v) is 10.0. The number of carbonyl (C=O) groups is 1. The van der Waals surface area contributed by atoms with Gasteiger partial charge in [0.05, 0.1) is 18.4 Å². The van der Waals surface area contributed by atoms with Crippen LogP contribution in [-0.2, 0) is 9.47 Å². The molecule has 2 aromatic rings. The second-order valence-corrected chi connectivity index (χ2v) is 7.51. The lowest BCUT2D eigenvalue weighted by Gasteiger charge is -2.14. The fourth-order valence-electron chi connectivity index (χ4n) is 2.77. The van der Waals surface area contributed by atoms with E-state index in [1.54, 1.807) is 19.1 Å². The highest BCUT2D eigenvalue weighted by Crippen LogP contribution is 2.35. The molecule has 1 aliphatic rings. The van der Waals surface area contributed by atoms with Crippen LogP contribution in [0.1, 0.15) is 29.4 Å². The normalized spacial score (nSPS) is 16.1. The maximum atomic E-state index is 13.2. The van der Waals surface area contributed by atoms with Gasteiger partial charge in [-0.15, -0.1) is 11.3 Å². The largest absolute Gasteiger partial charge is 0.462 e. The van der Waals surface area contributed by atoms with Crippen molar-refractivity contribution in [3.8, 4) is 10.4 Å². The van der Waals surface area contributed by atoms with Gasteiger partial charge in [0.1, 0.15) is 10.7 Å². The molecule has 144 valence electrons. The number of thiocarbonyl (C=S) groups is 1. The third-order valence-corrected chi connectivity index (χ3v) is 5.49. The van der Waals surface area contributed by atoms with E-state index in [-0.39, 0.29) is 18.5 Å². The molecule has 1 saturated heterocycles. The van der Waals surface area contributed by atoms with Crippen LogP contribution in [-0.4, -0.2) is 36.9 Å². The molecule has 5 nitrogen and oxygen atoms in total. The second-order valence-electron chi connectivity index (χ2n) is 6.05. The first-order valence-electron chi connectivity index (χ1n) is 8.80. The molecule has 0 unspecified atom stereocenters. The highest BCUT2D eigenvalue weighted by molar-refractivity contribution is 7.80. The van der Waals surface area contributed by atoms with Crippen molar-refractivity contribution in [2.24, 2.45) is 0 Å². The van der Waals surface area contributed by atoms with Crippen LogP contribution in [0, 0.1) is 5.82 Å². The Kier molecular flexibility index (Phi) is 6.76. The topological polar surface area (TPSA) is 59.6 Å². The number of ether oxygens (including phenoxy) is 2. The number of hydrogen-bond donors (Lipinski definition) is 2. The van der Waals surface area contributed by atoms with E-state index in [4.69, 9.17) is 21.7 Å². The number of hydrogen-bond acceptors (Lipinski definition) is 5. The van der Waals surface area contributed by atoms with Crippen molar-refractivity contribution in [1.29, 1.82) is 0 Å². The zero-order chi connectivity index (χ0) is 19.2. The SMILES string of the molecule is CCOC(=O)c1sc(-c2ccc(F)cc2)cc1NC(=S)NC[C@@H]1CCCO1. The molecule has 27 heavy (non-hydrogen) atoms. The second kappa shape index (κ2) is 9.25. The zero-order valence-electron chi connectivity index (χ0n) is 14.9. The van der Waals surface area contributed by atoms with Crippen molar-refractivity contribution in [3.63, 3.8) is 0 Å². The number of benzene rings is 1. The lowest BCUT2D eigenvalue weighted by molar-refractivity contribution is 0.0533. The molecule has 3 rings (SSSR count). The predicted octanol–water partition coefficient (Wildman–Crippen LogP) is 4.20. The molecule has 0 aliphatic carbocycles. The van der Waals surface area contributed by atoms with Gasteiger partial charge in [0.25, 0.3) is 0 Å². The maximum Gasteiger partial charge on any atom is 0.350 e. The summed E-state index contributed by atoms with van der Waals surface area (Å²) in [6.07, 6.45) is 2.23. The van der Waals surface area contributed by atoms with Gasteiger partial charge in [0.15, 0.2) is 5.11 Å². The van der Waals surface area contributed by atoms with E-state index in [0.717, 1.165) is 29.9 Å². The molecule has 0 amide bonds. The van der Waals surface area contributed by atoms with E-state index in [0.29, 0.717) is 22.2 Å². The molecule has 0 saturated carbocycles.